The van der Waals surface area contributed by atoms with Crippen molar-refractivity contribution in [2.45, 2.75) is 6.18 Å². The van der Waals surface area contributed by atoms with E-state index in [9.17, 15) is 13.2 Å². The number of hydrogen-bond donors (Lipinski definition) is 0. The van der Waals surface area contributed by atoms with Gasteiger partial charge in [-0.05, 0) is 0 Å². The molecule has 96 valence electrons. The standard InChI is InChI=1S/C9H11BrF3N3O/c1-17-8-4-7(14-6-15-8)16(3-2-10)5-9(11,12)13/h4,6H,2-3,5H2,1H3. The van der Waals surface area contributed by atoms with Gasteiger partial charge in [-0.1, -0.05) is 15.9 Å². The molecule has 1 aromatic heterocycles. The van der Waals surface area contributed by atoms with Crippen molar-refractivity contribution in [3.63, 3.8) is 0 Å². The Balaban J connectivity index is 2.88. The SMILES string of the molecule is COc1cc(N(CCBr)CC(F)(F)F)ncn1. The second-order valence-electron chi connectivity index (χ2n) is 3.14. The van der Waals surface area contributed by atoms with E-state index < -0.39 is 12.7 Å². The van der Waals surface area contributed by atoms with Gasteiger partial charge in [-0.15, -0.1) is 0 Å². The average Bonchev–Trinajstić information content (AvgIpc) is 2.27. The fraction of sp³-hybridized carbons (Fsp3) is 0.556. The van der Waals surface area contributed by atoms with Crippen molar-refractivity contribution in [2.75, 3.05) is 30.4 Å². The van der Waals surface area contributed by atoms with Gasteiger partial charge in [-0.2, -0.15) is 13.2 Å². The second kappa shape index (κ2) is 6.04. The number of ether oxygens (including phenoxy) is 1. The van der Waals surface area contributed by atoms with Crippen LogP contribution >= 0.6 is 15.9 Å². The van der Waals surface area contributed by atoms with E-state index in [4.69, 9.17) is 4.74 Å². The third-order valence-electron chi connectivity index (χ3n) is 1.89. The van der Waals surface area contributed by atoms with Crippen molar-refractivity contribution in [2.24, 2.45) is 0 Å². The number of alkyl halides is 4. The quantitative estimate of drug-likeness (QED) is 0.782. The highest BCUT2D eigenvalue weighted by Crippen LogP contribution is 2.22. The summed E-state index contributed by atoms with van der Waals surface area (Å²) in [4.78, 5) is 8.66. The van der Waals surface area contributed by atoms with Gasteiger partial charge in [0, 0.05) is 17.9 Å². The molecule has 0 fully saturated rings. The van der Waals surface area contributed by atoms with Gasteiger partial charge >= 0.3 is 6.18 Å². The zero-order valence-corrected chi connectivity index (χ0v) is 10.6. The van der Waals surface area contributed by atoms with Crippen molar-refractivity contribution >= 4 is 21.7 Å². The first-order chi connectivity index (χ1) is 7.96. The Morgan fingerprint density at radius 2 is 2.12 bits per heavy atom. The fourth-order valence-corrected chi connectivity index (χ4v) is 1.64. The Morgan fingerprint density at radius 3 is 2.65 bits per heavy atom. The molecule has 0 aliphatic heterocycles. The maximum absolute atomic E-state index is 12.4. The first-order valence-corrected chi connectivity index (χ1v) is 5.82. The van der Waals surface area contributed by atoms with Crippen molar-refractivity contribution in [3.8, 4) is 5.88 Å². The lowest BCUT2D eigenvalue weighted by molar-refractivity contribution is -0.119. The summed E-state index contributed by atoms with van der Waals surface area (Å²) in [5.41, 5.74) is 0. The van der Waals surface area contributed by atoms with Crippen LogP contribution in [0.2, 0.25) is 0 Å². The van der Waals surface area contributed by atoms with Crippen molar-refractivity contribution in [3.05, 3.63) is 12.4 Å². The van der Waals surface area contributed by atoms with E-state index in [1.165, 1.54) is 19.5 Å². The Morgan fingerprint density at radius 1 is 1.41 bits per heavy atom. The van der Waals surface area contributed by atoms with Crippen LogP contribution in [-0.4, -0.2) is 41.7 Å². The van der Waals surface area contributed by atoms with Crippen LogP contribution in [0.1, 0.15) is 0 Å². The number of methoxy groups -OCH3 is 1. The van der Waals surface area contributed by atoms with E-state index in [1.807, 2.05) is 0 Å². The first kappa shape index (κ1) is 14.0. The number of aromatic nitrogens is 2. The van der Waals surface area contributed by atoms with E-state index in [0.29, 0.717) is 5.33 Å². The molecule has 1 rings (SSSR count). The van der Waals surface area contributed by atoms with E-state index in [-0.39, 0.29) is 18.2 Å². The molecule has 8 heteroatoms. The third-order valence-corrected chi connectivity index (χ3v) is 2.24. The normalized spacial score (nSPS) is 11.4. The van der Waals surface area contributed by atoms with Crippen LogP contribution in [0.3, 0.4) is 0 Å². The summed E-state index contributed by atoms with van der Waals surface area (Å²) >= 11 is 3.11. The molecule has 0 saturated carbocycles. The lowest BCUT2D eigenvalue weighted by atomic mass is 10.4. The van der Waals surface area contributed by atoms with Gasteiger partial charge in [0.2, 0.25) is 5.88 Å². The van der Waals surface area contributed by atoms with Gasteiger partial charge in [-0.3, -0.25) is 0 Å². The molecule has 0 radical (unpaired) electrons. The summed E-state index contributed by atoms with van der Waals surface area (Å²) < 4.78 is 41.9. The lowest BCUT2D eigenvalue weighted by Crippen LogP contribution is -2.36. The van der Waals surface area contributed by atoms with Crippen LogP contribution in [0.15, 0.2) is 12.4 Å². The fourth-order valence-electron chi connectivity index (χ4n) is 1.21. The number of halogens is 4. The molecule has 1 aromatic rings. The van der Waals surface area contributed by atoms with Crippen LogP contribution in [0.5, 0.6) is 5.88 Å². The smallest absolute Gasteiger partial charge is 0.405 e. The number of anilines is 1. The van der Waals surface area contributed by atoms with Gasteiger partial charge in [-0.25, -0.2) is 9.97 Å². The Labute approximate surface area is 105 Å². The highest BCUT2D eigenvalue weighted by molar-refractivity contribution is 9.09. The van der Waals surface area contributed by atoms with Crippen LogP contribution in [0.4, 0.5) is 19.0 Å². The summed E-state index contributed by atoms with van der Waals surface area (Å²) in [6, 6.07) is 1.37. The molecular weight excluding hydrogens is 303 g/mol. The van der Waals surface area contributed by atoms with Gasteiger partial charge in [0.25, 0.3) is 0 Å². The van der Waals surface area contributed by atoms with Gasteiger partial charge in [0.15, 0.2) is 0 Å². The molecule has 0 aliphatic rings. The first-order valence-electron chi connectivity index (χ1n) is 4.70. The molecule has 17 heavy (non-hydrogen) atoms. The predicted molar refractivity (Wildman–Crippen MR) is 60.6 cm³/mol. The molecule has 0 bridgehead atoms. The molecule has 0 unspecified atom stereocenters. The van der Waals surface area contributed by atoms with Crippen LogP contribution < -0.4 is 9.64 Å². The average molecular weight is 314 g/mol. The molecule has 0 atom stereocenters. The third kappa shape index (κ3) is 4.76. The summed E-state index contributed by atoms with van der Waals surface area (Å²) in [5, 5.41) is 0.412. The minimum Gasteiger partial charge on any atom is -0.481 e. The Bertz CT molecular complexity index is 362. The van der Waals surface area contributed by atoms with Crippen LogP contribution in [0.25, 0.3) is 0 Å². The zero-order chi connectivity index (χ0) is 12.9. The minimum absolute atomic E-state index is 0.189. The van der Waals surface area contributed by atoms with Crippen LogP contribution in [-0.2, 0) is 0 Å². The molecule has 0 saturated heterocycles. The monoisotopic (exact) mass is 313 g/mol. The topological polar surface area (TPSA) is 38.2 Å². The maximum atomic E-state index is 12.4. The molecule has 0 amide bonds. The molecular formula is C9H11BrF3N3O. The van der Waals surface area contributed by atoms with E-state index in [2.05, 4.69) is 25.9 Å². The maximum Gasteiger partial charge on any atom is 0.405 e. The predicted octanol–water partition coefficient (Wildman–Crippen LogP) is 2.25. The largest absolute Gasteiger partial charge is 0.481 e. The van der Waals surface area contributed by atoms with Crippen molar-refractivity contribution < 1.29 is 17.9 Å². The minimum atomic E-state index is -4.28. The lowest BCUT2D eigenvalue weighted by Gasteiger charge is -2.23. The number of hydrogen-bond acceptors (Lipinski definition) is 4. The molecule has 4 nitrogen and oxygen atoms in total. The Hall–Kier alpha value is -1.05. The molecule has 0 spiro atoms. The van der Waals surface area contributed by atoms with E-state index >= 15 is 0 Å². The Kier molecular flexibility index (Phi) is 4.98. The van der Waals surface area contributed by atoms with Crippen molar-refractivity contribution in [1.82, 2.24) is 9.97 Å². The van der Waals surface area contributed by atoms with E-state index in [0.717, 1.165) is 4.90 Å². The van der Waals surface area contributed by atoms with Gasteiger partial charge < -0.3 is 9.64 Å². The number of rotatable bonds is 5. The highest BCUT2D eigenvalue weighted by atomic mass is 79.9. The number of nitrogens with zero attached hydrogens (tertiary/aromatic N) is 3. The molecule has 0 aliphatic carbocycles. The van der Waals surface area contributed by atoms with Crippen LogP contribution in [0, 0.1) is 0 Å². The van der Waals surface area contributed by atoms with E-state index in [1.54, 1.807) is 0 Å². The molecule has 0 N–H and O–H groups in total. The van der Waals surface area contributed by atoms with Crippen molar-refractivity contribution in [1.29, 1.82) is 0 Å². The second-order valence-corrected chi connectivity index (χ2v) is 3.94. The highest BCUT2D eigenvalue weighted by Gasteiger charge is 2.31. The van der Waals surface area contributed by atoms with Gasteiger partial charge in [0.05, 0.1) is 7.11 Å². The summed E-state index contributed by atoms with van der Waals surface area (Å²) in [5.74, 6) is 0.422. The van der Waals surface area contributed by atoms with Gasteiger partial charge in [0.1, 0.15) is 18.7 Å². The summed E-state index contributed by atoms with van der Waals surface area (Å²) in [6.07, 6.45) is -3.11. The molecule has 1 heterocycles. The zero-order valence-electron chi connectivity index (χ0n) is 9.04. The molecule has 0 aromatic carbocycles. The summed E-state index contributed by atoms with van der Waals surface area (Å²) in [7, 11) is 1.39. The summed E-state index contributed by atoms with van der Waals surface area (Å²) in [6.45, 7) is -0.863.